The number of aryl methyl sites for hydroxylation is 1. The van der Waals surface area contributed by atoms with Gasteiger partial charge in [-0.2, -0.15) is 4.31 Å². The first-order chi connectivity index (χ1) is 9.59. The SMILES string of the molecule is CCCN(C1CCNC1)S(=O)(=O)c1ccc(CC)cc1. The lowest BCUT2D eigenvalue weighted by Crippen LogP contribution is -2.41. The molecule has 1 saturated heterocycles. The van der Waals surface area contributed by atoms with Crippen LogP contribution in [0.1, 0.15) is 32.3 Å². The number of hydrogen-bond donors (Lipinski definition) is 1. The molecule has 0 saturated carbocycles. The van der Waals surface area contributed by atoms with E-state index in [1.54, 1.807) is 16.4 Å². The molecule has 1 N–H and O–H groups in total. The monoisotopic (exact) mass is 296 g/mol. The Morgan fingerprint density at radius 1 is 1.25 bits per heavy atom. The van der Waals surface area contributed by atoms with E-state index in [1.165, 1.54) is 0 Å². The summed E-state index contributed by atoms with van der Waals surface area (Å²) < 4.78 is 27.3. The van der Waals surface area contributed by atoms with Crippen LogP contribution in [0.15, 0.2) is 29.2 Å². The van der Waals surface area contributed by atoms with Crippen molar-refractivity contribution >= 4 is 10.0 Å². The Hall–Kier alpha value is -0.910. The zero-order chi connectivity index (χ0) is 14.6. The standard InChI is InChI=1S/C15H24N2O2S/c1-3-11-17(14-9-10-16-12-14)20(18,19)15-7-5-13(4-2)6-8-15/h5-8,14,16H,3-4,9-12H2,1-2H3. The molecule has 20 heavy (non-hydrogen) atoms. The van der Waals surface area contributed by atoms with Gasteiger partial charge in [-0.1, -0.05) is 26.0 Å². The van der Waals surface area contributed by atoms with Crippen LogP contribution in [0.2, 0.25) is 0 Å². The number of sulfonamides is 1. The highest BCUT2D eigenvalue weighted by Crippen LogP contribution is 2.22. The Morgan fingerprint density at radius 2 is 1.95 bits per heavy atom. The molecule has 1 aromatic carbocycles. The average Bonchev–Trinajstić information content (AvgIpc) is 2.98. The zero-order valence-corrected chi connectivity index (χ0v) is 13.1. The third-order valence-corrected chi connectivity index (χ3v) is 5.79. The van der Waals surface area contributed by atoms with E-state index in [4.69, 9.17) is 0 Å². The summed E-state index contributed by atoms with van der Waals surface area (Å²) in [5, 5.41) is 3.25. The van der Waals surface area contributed by atoms with Gasteiger partial charge in [0.25, 0.3) is 0 Å². The number of nitrogens with zero attached hydrogens (tertiary/aromatic N) is 1. The minimum absolute atomic E-state index is 0.0887. The Bertz CT molecular complexity index is 519. The van der Waals surface area contributed by atoms with Crippen molar-refractivity contribution in [3.05, 3.63) is 29.8 Å². The highest BCUT2D eigenvalue weighted by molar-refractivity contribution is 7.89. The number of rotatable bonds is 6. The maximum atomic E-state index is 12.8. The lowest BCUT2D eigenvalue weighted by Gasteiger charge is -2.27. The molecule has 0 amide bonds. The van der Waals surface area contributed by atoms with Crippen molar-refractivity contribution in [2.75, 3.05) is 19.6 Å². The average molecular weight is 296 g/mol. The van der Waals surface area contributed by atoms with Gasteiger partial charge in [0.1, 0.15) is 0 Å². The molecule has 1 aliphatic heterocycles. The molecule has 0 spiro atoms. The van der Waals surface area contributed by atoms with Crippen molar-refractivity contribution in [3.63, 3.8) is 0 Å². The predicted molar refractivity (Wildman–Crippen MR) is 81.3 cm³/mol. The van der Waals surface area contributed by atoms with Crippen molar-refractivity contribution in [1.29, 1.82) is 0 Å². The molecule has 2 rings (SSSR count). The second-order valence-electron chi connectivity index (χ2n) is 5.26. The second kappa shape index (κ2) is 6.70. The fourth-order valence-corrected chi connectivity index (χ4v) is 4.38. The first kappa shape index (κ1) is 15.5. The summed E-state index contributed by atoms with van der Waals surface area (Å²) in [5.41, 5.74) is 1.16. The van der Waals surface area contributed by atoms with Crippen molar-refractivity contribution in [3.8, 4) is 0 Å². The van der Waals surface area contributed by atoms with E-state index in [1.807, 2.05) is 19.1 Å². The van der Waals surface area contributed by atoms with Gasteiger partial charge in [-0.25, -0.2) is 8.42 Å². The van der Waals surface area contributed by atoms with E-state index in [0.717, 1.165) is 37.9 Å². The van der Waals surface area contributed by atoms with E-state index in [2.05, 4.69) is 12.2 Å². The van der Waals surface area contributed by atoms with Gasteiger partial charge in [-0.05, 0) is 43.5 Å². The van der Waals surface area contributed by atoms with Gasteiger partial charge in [-0.3, -0.25) is 0 Å². The quantitative estimate of drug-likeness (QED) is 0.873. The molecule has 0 aromatic heterocycles. The molecule has 4 nitrogen and oxygen atoms in total. The highest BCUT2D eigenvalue weighted by Gasteiger charge is 2.32. The lowest BCUT2D eigenvalue weighted by atomic mass is 10.2. The molecule has 1 fully saturated rings. The largest absolute Gasteiger partial charge is 0.315 e. The van der Waals surface area contributed by atoms with E-state index in [0.29, 0.717) is 11.4 Å². The number of nitrogens with one attached hydrogen (secondary N) is 1. The summed E-state index contributed by atoms with van der Waals surface area (Å²) >= 11 is 0. The van der Waals surface area contributed by atoms with Crippen LogP contribution in [0, 0.1) is 0 Å². The maximum Gasteiger partial charge on any atom is 0.243 e. The van der Waals surface area contributed by atoms with Crippen LogP contribution in [0.5, 0.6) is 0 Å². The van der Waals surface area contributed by atoms with E-state index < -0.39 is 10.0 Å². The van der Waals surface area contributed by atoms with E-state index in [-0.39, 0.29) is 6.04 Å². The van der Waals surface area contributed by atoms with Crippen LogP contribution in [0.4, 0.5) is 0 Å². The van der Waals surface area contributed by atoms with Crippen LogP contribution < -0.4 is 5.32 Å². The van der Waals surface area contributed by atoms with Crippen molar-refractivity contribution in [1.82, 2.24) is 9.62 Å². The lowest BCUT2D eigenvalue weighted by molar-refractivity contribution is 0.335. The number of hydrogen-bond acceptors (Lipinski definition) is 3. The summed E-state index contributed by atoms with van der Waals surface area (Å²) in [6, 6.07) is 7.37. The normalized spacial score (nSPS) is 19.6. The summed E-state index contributed by atoms with van der Waals surface area (Å²) in [6.45, 7) is 6.33. The Morgan fingerprint density at radius 3 is 2.45 bits per heavy atom. The minimum Gasteiger partial charge on any atom is -0.315 e. The molecular formula is C15H24N2O2S. The molecule has 1 heterocycles. The van der Waals surface area contributed by atoms with Gasteiger partial charge in [0.15, 0.2) is 0 Å². The predicted octanol–water partition coefficient (Wildman–Crippen LogP) is 2.01. The van der Waals surface area contributed by atoms with Crippen LogP contribution in [0.3, 0.4) is 0 Å². The molecule has 1 atom stereocenters. The van der Waals surface area contributed by atoms with E-state index in [9.17, 15) is 8.42 Å². The summed E-state index contributed by atoms with van der Waals surface area (Å²) in [5.74, 6) is 0. The van der Waals surface area contributed by atoms with Crippen LogP contribution in [-0.4, -0.2) is 38.4 Å². The fraction of sp³-hybridized carbons (Fsp3) is 0.600. The third kappa shape index (κ3) is 3.22. The minimum atomic E-state index is -3.38. The van der Waals surface area contributed by atoms with Crippen molar-refractivity contribution in [2.24, 2.45) is 0 Å². The first-order valence-electron chi connectivity index (χ1n) is 7.41. The second-order valence-corrected chi connectivity index (χ2v) is 7.15. The molecule has 112 valence electrons. The molecule has 0 radical (unpaired) electrons. The highest BCUT2D eigenvalue weighted by atomic mass is 32.2. The maximum absolute atomic E-state index is 12.8. The van der Waals surface area contributed by atoms with Crippen LogP contribution in [0.25, 0.3) is 0 Å². The third-order valence-electron chi connectivity index (χ3n) is 3.82. The number of benzene rings is 1. The summed E-state index contributed by atoms with van der Waals surface area (Å²) in [4.78, 5) is 0.412. The molecule has 1 aromatic rings. The summed E-state index contributed by atoms with van der Waals surface area (Å²) in [7, 11) is -3.38. The zero-order valence-electron chi connectivity index (χ0n) is 12.3. The van der Waals surface area contributed by atoms with Crippen molar-refractivity contribution < 1.29 is 8.42 Å². The Kier molecular flexibility index (Phi) is 5.18. The molecule has 1 aliphatic rings. The topological polar surface area (TPSA) is 49.4 Å². The summed E-state index contributed by atoms with van der Waals surface area (Å²) in [6.07, 6.45) is 2.65. The Balaban J connectivity index is 2.28. The Labute approximate surface area is 122 Å². The van der Waals surface area contributed by atoms with Gasteiger partial charge in [-0.15, -0.1) is 0 Å². The molecule has 1 unspecified atom stereocenters. The first-order valence-corrected chi connectivity index (χ1v) is 8.85. The van der Waals surface area contributed by atoms with Crippen molar-refractivity contribution in [2.45, 2.75) is 44.0 Å². The molecule has 5 heteroatoms. The van der Waals surface area contributed by atoms with Gasteiger partial charge in [0.2, 0.25) is 10.0 Å². The van der Waals surface area contributed by atoms with Gasteiger partial charge < -0.3 is 5.32 Å². The van der Waals surface area contributed by atoms with Crippen LogP contribution >= 0.6 is 0 Å². The smallest absolute Gasteiger partial charge is 0.243 e. The molecule has 0 bridgehead atoms. The van der Waals surface area contributed by atoms with Gasteiger partial charge in [0.05, 0.1) is 4.90 Å². The molecule has 0 aliphatic carbocycles. The fourth-order valence-electron chi connectivity index (χ4n) is 2.64. The van der Waals surface area contributed by atoms with Crippen LogP contribution in [-0.2, 0) is 16.4 Å². The van der Waals surface area contributed by atoms with E-state index >= 15 is 0 Å². The molecular weight excluding hydrogens is 272 g/mol. The van der Waals surface area contributed by atoms with Gasteiger partial charge in [0, 0.05) is 19.1 Å². The van der Waals surface area contributed by atoms with Gasteiger partial charge >= 0.3 is 0 Å².